The van der Waals surface area contributed by atoms with Gasteiger partial charge in [0.05, 0.1) is 15.3 Å². The molecule has 0 bridgehead atoms. The van der Waals surface area contributed by atoms with Gasteiger partial charge in [-0.25, -0.2) is 8.42 Å². The molecule has 0 fully saturated rings. The summed E-state index contributed by atoms with van der Waals surface area (Å²) in [6.07, 6.45) is 1.56. The van der Waals surface area contributed by atoms with Crippen molar-refractivity contribution in [3.63, 3.8) is 0 Å². The van der Waals surface area contributed by atoms with E-state index in [1.807, 2.05) is 36.4 Å². The summed E-state index contributed by atoms with van der Waals surface area (Å²) in [5.74, 6) is 0. The molecule has 4 heteroatoms. The van der Waals surface area contributed by atoms with E-state index in [9.17, 15) is 8.42 Å². The van der Waals surface area contributed by atoms with Crippen LogP contribution in [0.4, 0.5) is 0 Å². The smallest absolute Gasteiger partial charge is 0.207 e. The highest BCUT2D eigenvalue weighted by Gasteiger charge is 2.20. The third-order valence-corrected chi connectivity index (χ3v) is 5.77. The van der Waals surface area contributed by atoms with Gasteiger partial charge in [0.1, 0.15) is 0 Å². The van der Waals surface area contributed by atoms with Crippen molar-refractivity contribution in [1.82, 2.24) is 4.98 Å². The maximum Gasteiger partial charge on any atom is 0.207 e. The van der Waals surface area contributed by atoms with Gasteiger partial charge in [-0.3, -0.25) is 4.98 Å². The van der Waals surface area contributed by atoms with Crippen molar-refractivity contribution >= 4 is 31.5 Å². The Labute approximate surface area is 134 Å². The van der Waals surface area contributed by atoms with Crippen LogP contribution in [0.15, 0.2) is 88.8 Å². The first-order valence-electron chi connectivity index (χ1n) is 7.24. The highest BCUT2D eigenvalue weighted by Crippen LogP contribution is 2.31. The number of benzene rings is 3. The van der Waals surface area contributed by atoms with Crippen LogP contribution in [0.2, 0.25) is 0 Å². The fraction of sp³-hybridized carbons (Fsp3) is 0. The van der Waals surface area contributed by atoms with Gasteiger partial charge in [0, 0.05) is 17.0 Å². The zero-order chi connectivity index (χ0) is 15.9. The van der Waals surface area contributed by atoms with Crippen molar-refractivity contribution in [2.24, 2.45) is 0 Å². The Morgan fingerprint density at radius 3 is 2.26 bits per heavy atom. The maximum absolute atomic E-state index is 13.0. The van der Waals surface area contributed by atoms with E-state index in [2.05, 4.69) is 4.98 Å². The van der Waals surface area contributed by atoms with Crippen LogP contribution in [0.3, 0.4) is 0 Å². The average Bonchev–Trinajstić information content (AvgIpc) is 2.61. The van der Waals surface area contributed by atoms with Gasteiger partial charge in [-0.05, 0) is 23.6 Å². The Hall–Kier alpha value is -2.72. The van der Waals surface area contributed by atoms with E-state index < -0.39 is 9.84 Å². The SMILES string of the molecule is O=S(=O)(c1ccccc1)c1ccnc2c1ccc1ccccc12. The highest BCUT2D eigenvalue weighted by molar-refractivity contribution is 7.91. The standard InChI is InChI=1S/C19H13NO2S/c21-23(22,15-7-2-1-3-8-15)18-12-13-20-19-16-9-5-4-6-14(16)10-11-17(18)19/h1-13H. The minimum Gasteiger partial charge on any atom is -0.256 e. The molecule has 0 spiro atoms. The van der Waals surface area contributed by atoms with Crippen molar-refractivity contribution in [1.29, 1.82) is 0 Å². The van der Waals surface area contributed by atoms with Crippen molar-refractivity contribution in [2.45, 2.75) is 9.79 Å². The lowest BCUT2D eigenvalue weighted by Crippen LogP contribution is -2.03. The first-order valence-corrected chi connectivity index (χ1v) is 8.73. The van der Waals surface area contributed by atoms with Gasteiger partial charge in [0.15, 0.2) is 0 Å². The second-order valence-electron chi connectivity index (χ2n) is 5.31. The van der Waals surface area contributed by atoms with Crippen LogP contribution in [0.25, 0.3) is 21.7 Å². The molecule has 0 atom stereocenters. The van der Waals surface area contributed by atoms with Crippen LogP contribution in [0.5, 0.6) is 0 Å². The maximum atomic E-state index is 13.0. The summed E-state index contributed by atoms with van der Waals surface area (Å²) in [6, 6.07) is 21.7. The first kappa shape index (κ1) is 13.9. The van der Waals surface area contributed by atoms with Gasteiger partial charge in [-0.2, -0.15) is 0 Å². The number of rotatable bonds is 2. The lowest BCUT2D eigenvalue weighted by molar-refractivity contribution is 0.597. The van der Waals surface area contributed by atoms with Gasteiger partial charge in [-0.15, -0.1) is 0 Å². The molecule has 0 N–H and O–H groups in total. The van der Waals surface area contributed by atoms with Crippen molar-refractivity contribution in [2.75, 3.05) is 0 Å². The van der Waals surface area contributed by atoms with Crippen LogP contribution < -0.4 is 0 Å². The molecule has 23 heavy (non-hydrogen) atoms. The third-order valence-electron chi connectivity index (χ3n) is 3.94. The third kappa shape index (κ3) is 2.19. The molecule has 1 aromatic heterocycles. The molecule has 0 saturated carbocycles. The van der Waals surface area contributed by atoms with E-state index >= 15 is 0 Å². The predicted octanol–water partition coefficient (Wildman–Crippen LogP) is 4.22. The summed E-state index contributed by atoms with van der Waals surface area (Å²) in [7, 11) is -3.57. The van der Waals surface area contributed by atoms with Crippen LogP contribution in [-0.2, 0) is 9.84 Å². The molecule has 112 valence electrons. The van der Waals surface area contributed by atoms with E-state index in [-0.39, 0.29) is 0 Å². The van der Waals surface area contributed by atoms with Crippen LogP contribution >= 0.6 is 0 Å². The molecule has 4 rings (SSSR count). The topological polar surface area (TPSA) is 47.0 Å². The summed E-state index contributed by atoms with van der Waals surface area (Å²) < 4.78 is 25.9. The molecular weight excluding hydrogens is 306 g/mol. The highest BCUT2D eigenvalue weighted by atomic mass is 32.2. The zero-order valence-corrected chi connectivity index (χ0v) is 13.0. The van der Waals surface area contributed by atoms with Gasteiger partial charge in [0.2, 0.25) is 9.84 Å². The van der Waals surface area contributed by atoms with Gasteiger partial charge < -0.3 is 0 Å². The number of hydrogen-bond donors (Lipinski definition) is 0. The molecule has 3 aromatic carbocycles. The number of sulfone groups is 1. The fourth-order valence-electron chi connectivity index (χ4n) is 2.82. The minimum atomic E-state index is -3.57. The molecule has 0 amide bonds. The Morgan fingerprint density at radius 1 is 0.696 bits per heavy atom. The van der Waals surface area contributed by atoms with Crippen molar-refractivity contribution in [3.05, 3.63) is 79.0 Å². The zero-order valence-electron chi connectivity index (χ0n) is 12.2. The molecule has 0 radical (unpaired) electrons. The summed E-state index contributed by atoms with van der Waals surface area (Å²) in [5.41, 5.74) is 0.708. The lowest BCUT2D eigenvalue weighted by Gasteiger charge is -2.09. The summed E-state index contributed by atoms with van der Waals surface area (Å²) in [4.78, 5) is 5.00. The van der Waals surface area contributed by atoms with Crippen molar-refractivity contribution in [3.8, 4) is 0 Å². The molecule has 0 unspecified atom stereocenters. The normalized spacial score (nSPS) is 11.8. The molecule has 1 heterocycles. The largest absolute Gasteiger partial charge is 0.256 e. The fourth-order valence-corrected chi connectivity index (χ4v) is 4.29. The summed E-state index contributed by atoms with van der Waals surface area (Å²) in [6.45, 7) is 0. The number of aromatic nitrogens is 1. The van der Waals surface area contributed by atoms with E-state index in [0.717, 1.165) is 10.8 Å². The average molecular weight is 319 g/mol. The van der Waals surface area contributed by atoms with Gasteiger partial charge in [0.25, 0.3) is 0 Å². The van der Waals surface area contributed by atoms with Gasteiger partial charge in [-0.1, -0.05) is 54.6 Å². The molecule has 3 nitrogen and oxygen atoms in total. The first-order chi connectivity index (χ1) is 11.2. The van der Waals surface area contributed by atoms with Crippen LogP contribution in [0.1, 0.15) is 0 Å². The number of hydrogen-bond acceptors (Lipinski definition) is 3. The number of pyridine rings is 1. The minimum absolute atomic E-state index is 0.291. The monoisotopic (exact) mass is 319 g/mol. The Kier molecular flexibility index (Phi) is 3.13. The predicted molar refractivity (Wildman–Crippen MR) is 91.1 cm³/mol. The molecule has 4 aromatic rings. The second-order valence-corrected chi connectivity index (χ2v) is 7.23. The quantitative estimate of drug-likeness (QED) is 0.520. The van der Waals surface area contributed by atoms with Crippen LogP contribution in [0, 0.1) is 0 Å². The van der Waals surface area contributed by atoms with E-state index in [4.69, 9.17) is 0 Å². The van der Waals surface area contributed by atoms with E-state index in [1.165, 1.54) is 0 Å². The number of nitrogens with zero attached hydrogens (tertiary/aromatic N) is 1. The summed E-state index contributed by atoms with van der Waals surface area (Å²) >= 11 is 0. The van der Waals surface area contributed by atoms with E-state index in [0.29, 0.717) is 20.7 Å². The number of fused-ring (bicyclic) bond motifs is 3. The van der Waals surface area contributed by atoms with Crippen molar-refractivity contribution < 1.29 is 8.42 Å². The second kappa shape index (κ2) is 5.18. The molecular formula is C19H13NO2S. The Balaban J connectivity index is 2.08. The lowest BCUT2D eigenvalue weighted by atomic mass is 10.1. The van der Waals surface area contributed by atoms with E-state index in [1.54, 1.807) is 42.6 Å². The van der Waals surface area contributed by atoms with Gasteiger partial charge >= 0.3 is 0 Å². The molecule has 0 aliphatic heterocycles. The molecule has 0 aliphatic rings. The van der Waals surface area contributed by atoms with Crippen LogP contribution in [-0.4, -0.2) is 13.4 Å². The molecule has 0 saturated heterocycles. The summed E-state index contributed by atoms with van der Waals surface area (Å²) in [5, 5.41) is 2.65. The Bertz CT molecular complexity index is 1120. The Morgan fingerprint density at radius 2 is 1.43 bits per heavy atom. The molecule has 0 aliphatic carbocycles.